The minimum Gasteiger partial charge on any atom is -0.354 e. The third-order valence-corrected chi connectivity index (χ3v) is 8.06. The Labute approximate surface area is 152 Å². The third kappa shape index (κ3) is 3.10. The fourth-order valence-corrected chi connectivity index (χ4v) is 6.21. The molecule has 140 valence electrons. The molecule has 4 nitrogen and oxygen atoms in total. The SMILES string of the molecule is CN(C(=O)[C@@H]1C[C@H]2CC[C@H]1C2)C(C)(C)CNC(=O)[C@@H]1C[C@H]2CC[C@H]1C2. The first-order valence-electron chi connectivity index (χ1n) is 10.4. The molecule has 0 aromatic rings. The molecule has 0 radical (unpaired) electrons. The Bertz CT molecular complexity index is 558. The van der Waals surface area contributed by atoms with E-state index in [1.807, 2.05) is 11.9 Å². The first-order chi connectivity index (χ1) is 11.8. The average molecular weight is 347 g/mol. The molecular weight excluding hydrogens is 312 g/mol. The van der Waals surface area contributed by atoms with Crippen LogP contribution in [0.3, 0.4) is 0 Å². The highest BCUT2D eigenvalue weighted by atomic mass is 16.2. The fraction of sp³-hybridized carbons (Fsp3) is 0.905. The number of fused-ring (bicyclic) bond motifs is 4. The van der Waals surface area contributed by atoms with E-state index in [0.717, 1.165) is 24.7 Å². The van der Waals surface area contributed by atoms with Gasteiger partial charge in [0.05, 0.1) is 5.54 Å². The second-order valence-electron chi connectivity index (χ2n) is 9.99. The van der Waals surface area contributed by atoms with E-state index in [1.54, 1.807) is 0 Å². The molecule has 4 aliphatic rings. The first-order valence-corrected chi connectivity index (χ1v) is 10.4. The quantitative estimate of drug-likeness (QED) is 0.831. The molecule has 25 heavy (non-hydrogen) atoms. The minimum absolute atomic E-state index is 0.223. The van der Waals surface area contributed by atoms with Gasteiger partial charge in [0.15, 0.2) is 0 Å². The van der Waals surface area contributed by atoms with Gasteiger partial charge in [-0.15, -0.1) is 0 Å². The summed E-state index contributed by atoms with van der Waals surface area (Å²) in [4.78, 5) is 27.5. The molecule has 4 saturated carbocycles. The lowest BCUT2D eigenvalue weighted by atomic mass is 9.86. The number of amides is 2. The van der Waals surface area contributed by atoms with Gasteiger partial charge in [0.1, 0.15) is 0 Å². The van der Waals surface area contributed by atoms with Gasteiger partial charge < -0.3 is 10.2 Å². The van der Waals surface area contributed by atoms with Crippen molar-refractivity contribution in [3.8, 4) is 0 Å². The van der Waals surface area contributed by atoms with Gasteiger partial charge in [0, 0.05) is 25.4 Å². The largest absolute Gasteiger partial charge is 0.354 e. The van der Waals surface area contributed by atoms with E-state index in [9.17, 15) is 9.59 Å². The Hall–Kier alpha value is -1.06. The third-order valence-electron chi connectivity index (χ3n) is 8.06. The van der Waals surface area contributed by atoms with Gasteiger partial charge >= 0.3 is 0 Å². The van der Waals surface area contributed by atoms with Gasteiger partial charge in [0.2, 0.25) is 11.8 Å². The van der Waals surface area contributed by atoms with Gasteiger partial charge in [-0.1, -0.05) is 12.8 Å². The van der Waals surface area contributed by atoms with Crippen molar-refractivity contribution in [1.82, 2.24) is 10.2 Å². The van der Waals surface area contributed by atoms with Crippen LogP contribution in [0, 0.1) is 35.5 Å². The molecule has 1 N–H and O–H groups in total. The number of hydrogen-bond acceptors (Lipinski definition) is 2. The van der Waals surface area contributed by atoms with Gasteiger partial charge in [-0.3, -0.25) is 9.59 Å². The number of nitrogens with one attached hydrogen (secondary N) is 1. The maximum atomic E-state index is 13.0. The van der Waals surface area contributed by atoms with Crippen LogP contribution >= 0.6 is 0 Å². The lowest BCUT2D eigenvalue weighted by Gasteiger charge is -2.39. The Morgan fingerprint density at radius 1 is 0.920 bits per heavy atom. The van der Waals surface area contributed by atoms with E-state index in [1.165, 1.54) is 38.5 Å². The van der Waals surface area contributed by atoms with Crippen molar-refractivity contribution in [2.24, 2.45) is 35.5 Å². The average Bonchev–Trinajstić information content (AvgIpc) is 3.38. The lowest BCUT2D eigenvalue weighted by Crippen LogP contribution is -2.55. The number of rotatable bonds is 5. The summed E-state index contributed by atoms with van der Waals surface area (Å²) in [5, 5.41) is 3.18. The van der Waals surface area contributed by atoms with Crippen molar-refractivity contribution in [3.05, 3.63) is 0 Å². The van der Waals surface area contributed by atoms with Crippen molar-refractivity contribution >= 4 is 11.8 Å². The molecule has 4 bridgehead atoms. The van der Waals surface area contributed by atoms with Crippen LogP contribution < -0.4 is 5.32 Å². The molecular formula is C21H34N2O2. The van der Waals surface area contributed by atoms with Gasteiger partial charge in [-0.2, -0.15) is 0 Å². The van der Waals surface area contributed by atoms with E-state index < -0.39 is 0 Å². The highest BCUT2D eigenvalue weighted by molar-refractivity contribution is 5.81. The van der Waals surface area contributed by atoms with Crippen LogP contribution in [-0.2, 0) is 9.59 Å². The molecule has 4 aliphatic carbocycles. The molecule has 0 aromatic carbocycles. The van der Waals surface area contributed by atoms with Crippen LogP contribution in [0.15, 0.2) is 0 Å². The van der Waals surface area contributed by atoms with E-state index in [-0.39, 0.29) is 23.3 Å². The summed E-state index contributed by atoms with van der Waals surface area (Å²) >= 11 is 0. The summed E-state index contributed by atoms with van der Waals surface area (Å²) in [6.45, 7) is 4.72. The number of likely N-dealkylation sites (N-methyl/N-ethyl adjacent to an activating group) is 1. The Morgan fingerprint density at radius 3 is 1.96 bits per heavy atom. The first kappa shape index (κ1) is 17.4. The second kappa shape index (κ2) is 6.28. The summed E-state index contributed by atoms with van der Waals surface area (Å²) in [6, 6.07) is 0. The Morgan fingerprint density at radius 2 is 1.48 bits per heavy atom. The van der Waals surface area contributed by atoms with Gasteiger partial charge in [-0.05, 0) is 76.0 Å². The second-order valence-corrected chi connectivity index (χ2v) is 9.99. The topological polar surface area (TPSA) is 49.4 Å². The predicted octanol–water partition coefficient (Wildman–Crippen LogP) is 3.21. The molecule has 4 rings (SSSR count). The Kier molecular flexibility index (Phi) is 4.36. The standard InChI is InChI=1S/C21H34N2O2/c1-21(2,12-22-19(24)17-10-13-4-6-15(17)8-13)23(3)20(25)18-11-14-5-7-16(18)9-14/h13-18H,4-12H2,1-3H3,(H,22,24)/t13-,14-,15-,16-,17+,18+/m0/s1. The van der Waals surface area contributed by atoms with Crippen LogP contribution in [0.2, 0.25) is 0 Å². The van der Waals surface area contributed by atoms with E-state index in [2.05, 4.69) is 19.2 Å². The number of carbonyl (C=O) groups is 2. The lowest BCUT2D eigenvalue weighted by molar-refractivity contribution is -0.141. The molecule has 0 saturated heterocycles. The molecule has 0 unspecified atom stereocenters. The zero-order valence-corrected chi connectivity index (χ0v) is 16.1. The zero-order chi connectivity index (χ0) is 17.8. The van der Waals surface area contributed by atoms with Crippen LogP contribution in [0.1, 0.15) is 65.2 Å². The summed E-state index contributed by atoms with van der Waals surface area (Å²) < 4.78 is 0. The van der Waals surface area contributed by atoms with Crippen LogP contribution in [0.4, 0.5) is 0 Å². The molecule has 6 atom stereocenters. The van der Waals surface area contributed by atoms with E-state index >= 15 is 0 Å². The van der Waals surface area contributed by atoms with Gasteiger partial charge in [-0.25, -0.2) is 0 Å². The highest BCUT2D eigenvalue weighted by Crippen LogP contribution is 2.49. The van der Waals surface area contributed by atoms with Crippen molar-refractivity contribution in [1.29, 1.82) is 0 Å². The molecule has 0 heterocycles. The van der Waals surface area contributed by atoms with Crippen molar-refractivity contribution < 1.29 is 9.59 Å². The van der Waals surface area contributed by atoms with Crippen LogP contribution in [0.5, 0.6) is 0 Å². The smallest absolute Gasteiger partial charge is 0.226 e. The highest BCUT2D eigenvalue weighted by Gasteiger charge is 2.46. The van der Waals surface area contributed by atoms with Crippen molar-refractivity contribution in [2.75, 3.05) is 13.6 Å². The van der Waals surface area contributed by atoms with Crippen LogP contribution in [-0.4, -0.2) is 35.8 Å². The monoisotopic (exact) mass is 346 g/mol. The normalized spacial score (nSPS) is 39.0. The van der Waals surface area contributed by atoms with Crippen LogP contribution in [0.25, 0.3) is 0 Å². The molecule has 0 aliphatic heterocycles. The minimum atomic E-state index is -0.327. The molecule has 0 spiro atoms. The predicted molar refractivity (Wildman–Crippen MR) is 97.7 cm³/mol. The maximum absolute atomic E-state index is 13.0. The fourth-order valence-electron chi connectivity index (χ4n) is 6.21. The number of hydrogen-bond donors (Lipinski definition) is 1. The Balaban J connectivity index is 1.31. The molecule has 4 fully saturated rings. The zero-order valence-electron chi connectivity index (χ0n) is 16.1. The molecule has 2 amide bonds. The van der Waals surface area contributed by atoms with Crippen molar-refractivity contribution in [2.45, 2.75) is 70.8 Å². The maximum Gasteiger partial charge on any atom is 0.226 e. The van der Waals surface area contributed by atoms with E-state index in [0.29, 0.717) is 24.3 Å². The number of nitrogens with zero attached hydrogens (tertiary/aromatic N) is 1. The summed E-state index contributed by atoms with van der Waals surface area (Å²) in [5.74, 6) is 3.77. The molecule has 4 heteroatoms. The summed E-state index contributed by atoms with van der Waals surface area (Å²) in [7, 11) is 1.93. The van der Waals surface area contributed by atoms with Crippen molar-refractivity contribution in [3.63, 3.8) is 0 Å². The number of carbonyl (C=O) groups excluding carboxylic acids is 2. The molecule has 0 aromatic heterocycles. The summed E-state index contributed by atoms with van der Waals surface area (Å²) in [6.07, 6.45) is 9.78. The van der Waals surface area contributed by atoms with E-state index in [4.69, 9.17) is 0 Å². The summed E-state index contributed by atoms with van der Waals surface area (Å²) in [5.41, 5.74) is -0.327. The van der Waals surface area contributed by atoms with Gasteiger partial charge in [0.25, 0.3) is 0 Å².